The molecule has 4 nitrogen and oxygen atoms in total. The fourth-order valence-corrected chi connectivity index (χ4v) is 2.50. The van der Waals surface area contributed by atoms with E-state index in [1.807, 2.05) is 17.8 Å². The van der Waals surface area contributed by atoms with E-state index in [9.17, 15) is 0 Å². The molecule has 94 valence electrons. The van der Waals surface area contributed by atoms with Crippen LogP contribution in [0.4, 0.5) is 0 Å². The number of rotatable bonds is 3. The molecule has 3 rings (SSSR count). The van der Waals surface area contributed by atoms with Crippen LogP contribution < -0.4 is 16.3 Å². The molecule has 1 unspecified atom stereocenters. The molecule has 1 heterocycles. The first-order chi connectivity index (χ1) is 8.69. The van der Waals surface area contributed by atoms with Crippen molar-refractivity contribution in [3.8, 4) is 0 Å². The summed E-state index contributed by atoms with van der Waals surface area (Å²) in [5.41, 5.74) is 8.41. The number of hydrogen-bond acceptors (Lipinski definition) is 3. The number of fused-ring (bicyclic) bond motifs is 2. The number of ether oxygens (including phenoxy) is 1. The average Bonchev–Trinajstić information content (AvgIpc) is 2.88. The van der Waals surface area contributed by atoms with Crippen molar-refractivity contribution >= 4 is 11.6 Å². The average molecular weight is 243 g/mol. The highest BCUT2D eigenvalue weighted by Gasteiger charge is 2.18. The predicted octanol–water partition coefficient (Wildman–Crippen LogP) is 0.0355. The van der Waals surface area contributed by atoms with Crippen LogP contribution in [0.3, 0.4) is 0 Å². The van der Waals surface area contributed by atoms with Crippen molar-refractivity contribution < 1.29 is 4.74 Å². The summed E-state index contributed by atoms with van der Waals surface area (Å²) in [6, 6.07) is 0.108. The van der Waals surface area contributed by atoms with Crippen LogP contribution in [0.15, 0.2) is 29.7 Å². The number of methoxy groups -OCH3 is 1. The highest BCUT2D eigenvalue weighted by molar-refractivity contribution is 5.83. The molecule has 1 aromatic rings. The molecular weight excluding hydrogens is 226 g/mol. The van der Waals surface area contributed by atoms with Gasteiger partial charge in [-0.05, 0) is 42.7 Å². The van der Waals surface area contributed by atoms with E-state index in [0.717, 1.165) is 18.7 Å². The number of aromatic nitrogens is 2. The Balaban J connectivity index is 2.09. The monoisotopic (exact) mass is 243 g/mol. The summed E-state index contributed by atoms with van der Waals surface area (Å²) >= 11 is 0. The fraction of sp³-hybridized carbons (Fsp3) is 0.357. The van der Waals surface area contributed by atoms with E-state index in [4.69, 9.17) is 10.5 Å². The Labute approximate surface area is 106 Å². The third-order valence-corrected chi connectivity index (χ3v) is 3.35. The van der Waals surface area contributed by atoms with Gasteiger partial charge in [-0.15, -0.1) is 0 Å². The molecule has 0 radical (unpaired) electrons. The second-order valence-corrected chi connectivity index (χ2v) is 4.84. The Bertz CT molecular complexity index is 662. The molecule has 2 N–H and O–H groups in total. The maximum absolute atomic E-state index is 5.84. The summed E-state index contributed by atoms with van der Waals surface area (Å²) in [4.78, 5) is 0. The first kappa shape index (κ1) is 11.3. The van der Waals surface area contributed by atoms with Crippen LogP contribution in [0.25, 0.3) is 11.6 Å². The van der Waals surface area contributed by atoms with Gasteiger partial charge in [0, 0.05) is 11.3 Å². The Morgan fingerprint density at radius 3 is 3.06 bits per heavy atom. The normalized spacial score (nSPS) is 18.5. The number of nitrogens with two attached hydrogens (primary N) is 1. The molecule has 0 saturated heterocycles. The molecule has 0 saturated carbocycles. The zero-order chi connectivity index (χ0) is 12.7. The lowest BCUT2D eigenvalue weighted by molar-refractivity contribution is 0.305. The lowest BCUT2D eigenvalue weighted by atomic mass is 9.99. The topological polar surface area (TPSA) is 53.1 Å². The standard InChI is InChI=1S/C14H17N3O/c1-9(15)8-17-14-6-10-5-11(18-2)3-4-12(10)13(14)7-16-17/h3,5-7,9H,4,8,15H2,1-2H3. The summed E-state index contributed by atoms with van der Waals surface area (Å²) < 4.78 is 7.26. The van der Waals surface area contributed by atoms with Crippen molar-refractivity contribution in [1.82, 2.24) is 9.78 Å². The van der Waals surface area contributed by atoms with Crippen molar-refractivity contribution in [3.05, 3.63) is 40.2 Å². The summed E-state index contributed by atoms with van der Waals surface area (Å²) in [5.74, 6) is 0.932. The molecule has 2 aliphatic rings. The number of allylic oxidation sites excluding steroid dienone is 3. The van der Waals surface area contributed by atoms with Crippen molar-refractivity contribution in [2.45, 2.75) is 25.9 Å². The quantitative estimate of drug-likeness (QED) is 0.815. The molecule has 2 aliphatic carbocycles. The minimum Gasteiger partial charge on any atom is -0.497 e. The predicted molar refractivity (Wildman–Crippen MR) is 70.8 cm³/mol. The van der Waals surface area contributed by atoms with E-state index >= 15 is 0 Å². The lowest BCUT2D eigenvalue weighted by Gasteiger charge is -2.11. The third kappa shape index (κ3) is 1.69. The van der Waals surface area contributed by atoms with Gasteiger partial charge >= 0.3 is 0 Å². The number of hydrogen-bond donors (Lipinski definition) is 1. The molecule has 18 heavy (non-hydrogen) atoms. The van der Waals surface area contributed by atoms with Gasteiger partial charge in [0.2, 0.25) is 0 Å². The fourth-order valence-electron chi connectivity index (χ4n) is 2.50. The lowest BCUT2D eigenvalue weighted by Crippen LogP contribution is -2.33. The SMILES string of the molecule is COC1=CCC2=c3cnn(CC(C)N)c3=CC2=C1. The molecule has 0 amide bonds. The summed E-state index contributed by atoms with van der Waals surface area (Å²) in [5, 5.41) is 6.81. The van der Waals surface area contributed by atoms with Gasteiger partial charge in [0.05, 0.1) is 25.2 Å². The highest BCUT2D eigenvalue weighted by Crippen LogP contribution is 2.26. The maximum Gasteiger partial charge on any atom is 0.115 e. The molecule has 0 bridgehead atoms. The van der Waals surface area contributed by atoms with Gasteiger partial charge in [-0.1, -0.05) is 0 Å². The van der Waals surface area contributed by atoms with Crippen molar-refractivity contribution in [2.24, 2.45) is 5.73 Å². The molecule has 1 atom stereocenters. The molecule has 1 aromatic heterocycles. The summed E-state index contributed by atoms with van der Waals surface area (Å²) in [7, 11) is 1.70. The van der Waals surface area contributed by atoms with Gasteiger partial charge in [-0.25, -0.2) is 0 Å². The van der Waals surface area contributed by atoms with Gasteiger partial charge in [-0.3, -0.25) is 4.68 Å². The molecule has 0 aromatic carbocycles. The zero-order valence-electron chi connectivity index (χ0n) is 10.7. The first-order valence-electron chi connectivity index (χ1n) is 6.17. The van der Waals surface area contributed by atoms with Gasteiger partial charge < -0.3 is 10.5 Å². The molecule has 0 aliphatic heterocycles. The maximum atomic E-state index is 5.84. The Morgan fingerprint density at radius 2 is 2.33 bits per heavy atom. The zero-order valence-corrected chi connectivity index (χ0v) is 10.7. The molecular formula is C14H17N3O. The van der Waals surface area contributed by atoms with Gasteiger partial charge in [0.25, 0.3) is 0 Å². The van der Waals surface area contributed by atoms with Crippen LogP contribution in [0, 0.1) is 0 Å². The Morgan fingerprint density at radius 1 is 1.50 bits per heavy atom. The van der Waals surface area contributed by atoms with Crippen LogP contribution in [0.2, 0.25) is 0 Å². The van der Waals surface area contributed by atoms with Gasteiger partial charge in [-0.2, -0.15) is 5.10 Å². The van der Waals surface area contributed by atoms with E-state index in [-0.39, 0.29) is 6.04 Å². The smallest absolute Gasteiger partial charge is 0.115 e. The van der Waals surface area contributed by atoms with Crippen LogP contribution >= 0.6 is 0 Å². The largest absolute Gasteiger partial charge is 0.497 e. The van der Waals surface area contributed by atoms with Gasteiger partial charge in [0.1, 0.15) is 5.76 Å². The van der Waals surface area contributed by atoms with E-state index in [0.29, 0.717) is 0 Å². The highest BCUT2D eigenvalue weighted by atomic mass is 16.5. The van der Waals surface area contributed by atoms with Crippen LogP contribution in [0.5, 0.6) is 0 Å². The van der Waals surface area contributed by atoms with E-state index < -0.39 is 0 Å². The first-order valence-corrected chi connectivity index (χ1v) is 6.17. The molecule has 4 heteroatoms. The summed E-state index contributed by atoms with van der Waals surface area (Å²) in [6.45, 7) is 2.74. The van der Waals surface area contributed by atoms with Crippen LogP contribution in [-0.2, 0) is 11.3 Å². The van der Waals surface area contributed by atoms with E-state index in [1.54, 1.807) is 7.11 Å². The third-order valence-electron chi connectivity index (χ3n) is 3.35. The Hall–Kier alpha value is -1.81. The van der Waals surface area contributed by atoms with Crippen molar-refractivity contribution in [1.29, 1.82) is 0 Å². The van der Waals surface area contributed by atoms with Crippen molar-refractivity contribution in [3.63, 3.8) is 0 Å². The van der Waals surface area contributed by atoms with E-state index in [2.05, 4.69) is 23.3 Å². The molecule has 0 spiro atoms. The van der Waals surface area contributed by atoms with E-state index in [1.165, 1.54) is 21.7 Å². The second-order valence-electron chi connectivity index (χ2n) is 4.84. The van der Waals surface area contributed by atoms with Crippen molar-refractivity contribution in [2.75, 3.05) is 7.11 Å². The minimum absolute atomic E-state index is 0.108. The van der Waals surface area contributed by atoms with Gasteiger partial charge in [0.15, 0.2) is 0 Å². The molecule has 0 fully saturated rings. The summed E-state index contributed by atoms with van der Waals surface area (Å²) in [6.07, 6.45) is 9.20. The Kier molecular flexibility index (Phi) is 2.59. The van der Waals surface area contributed by atoms with Crippen LogP contribution in [-0.4, -0.2) is 22.9 Å². The minimum atomic E-state index is 0.108. The van der Waals surface area contributed by atoms with Crippen LogP contribution in [0.1, 0.15) is 13.3 Å². The number of nitrogens with zero attached hydrogens (tertiary/aromatic N) is 2. The second kappa shape index (κ2) is 4.14.